The highest BCUT2D eigenvalue weighted by molar-refractivity contribution is 6.07. The minimum atomic E-state index is -0.0212. The Balaban J connectivity index is 1.91. The molecule has 24 heavy (non-hydrogen) atoms. The number of piperidine rings is 1. The third-order valence-electron chi connectivity index (χ3n) is 4.82. The average molecular weight is 323 g/mol. The highest BCUT2D eigenvalue weighted by Gasteiger charge is 2.23. The molecule has 1 saturated heterocycles. The summed E-state index contributed by atoms with van der Waals surface area (Å²) in [5.41, 5.74) is 9.12. The minimum Gasteiger partial charge on any atom is -0.399 e. The van der Waals surface area contributed by atoms with E-state index in [2.05, 4.69) is 17.9 Å². The molecule has 2 N–H and O–H groups in total. The number of nitrogen functional groups attached to an aromatic ring is 1. The van der Waals surface area contributed by atoms with E-state index in [1.54, 1.807) is 29.2 Å². The van der Waals surface area contributed by atoms with Crippen molar-refractivity contribution in [2.45, 2.75) is 32.2 Å². The molecule has 0 saturated carbocycles. The van der Waals surface area contributed by atoms with Crippen LogP contribution in [-0.4, -0.2) is 25.5 Å². The molecular weight excluding hydrogens is 298 g/mol. The van der Waals surface area contributed by atoms with Gasteiger partial charge < -0.3 is 15.5 Å². The Morgan fingerprint density at radius 3 is 2.54 bits per heavy atom. The Hall–Kier alpha value is -2.49. The SMILES string of the molecule is CC1CCCCN1c1ccccc1N(C)C(=O)c1ccc(N)cc1. The van der Waals surface area contributed by atoms with Crippen molar-refractivity contribution in [1.29, 1.82) is 0 Å². The quantitative estimate of drug-likeness (QED) is 0.871. The Labute approximate surface area is 143 Å². The Kier molecular flexibility index (Phi) is 4.74. The number of nitrogens with zero attached hydrogens (tertiary/aromatic N) is 2. The van der Waals surface area contributed by atoms with E-state index in [0.717, 1.165) is 17.9 Å². The maximum absolute atomic E-state index is 12.8. The monoisotopic (exact) mass is 323 g/mol. The predicted molar refractivity (Wildman–Crippen MR) is 101 cm³/mol. The van der Waals surface area contributed by atoms with E-state index in [0.29, 0.717) is 17.3 Å². The molecule has 2 aromatic rings. The molecule has 4 nitrogen and oxygen atoms in total. The Morgan fingerprint density at radius 1 is 1.12 bits per heavy atom. The van der Waals surface area contributed by atoms with Gasteiger partial charge in [-0.05, 0) is 62.6 Å². The molecule has 1 fully saturated rings. The maximum atomic E-state index is 12.8. The van der Waals surface area contributed by atoms with Crippen LogP contribution in [0.5, 0.6) is 0 Å². The summed E-state index contributed by atoms with van der Waals surface area (Å²) >= 11 is 0. The van der Waals surface area contributed by atoms with Crippen molar-refractivity contribution in [2.75, 3.05) is 29.1 Å². The lowest BCUT2D eigenvalue weighted by Crippen LogP contribution is -2.39. The second-order valence-electron chi connectivity index (χ2n) is 6.51. The summed E-state index contributed by atoms with van der Waals surface area (Å²) in [5, 5.41) is 0. The highest BCUT2D eigenvalue weighted by Crippen LogP contribution is 2.33. The third-order valence-corrected chi connectivity index (χ3v) is 4.82. The zero-order chi connectivity index (χ0) is 17.1. The van der Waals surface area contributed by atoms with Crippen molar-refractivity contribution >= 4 is 23.0 Å². The number of benzene rings is 2. The van der Waals surface area contributed by atoms with Crippen LogP contribution in [-0.2, 0) is 0 Å². The summed E-state index contributed by atoms with van der Waals surface area (Å²) in [4.78, 5) is 17.0. The molecule has 126 valence electrons. The molecule has 0 aliphatic carbocycles. The number of anilines is 3. The van der Waals surface area contributed by atoms with Gasteiger partial charge in [0.15, 0.2) is 0 Å². The normalized spacial score (nSPS) is 17.6. The third kappa shape index (κ3) is 3.23. The summed E-state index contributed by atoms with van der Waals surface area (Å²) < 4.78 is 0. The van der Waals surface area contributed by atoms with Crippen molar-refractivity contribution in [3.8, 4) is 0 Å². The molecule has 0 spiro atoms. The molecule has 1 heterocycles. The molecule has 4 heteroatoms. The standard InChI is InChI=1S/C20H25N3O/c1-15-7-5-6-14-23(15)19-9-4-3-8-18(19)22(2)20(24)16-10-12-17(21)13-11-16/h3-4,8-13,15H,5-7,14,21H2,1-2H3. The summed E-state index contributed by atoms with van der Waals surface area (Å²) in [6.45, 7) is 3.31. The lowest BCUT2D eigenvalue weighted by Gasteiger charge is -2.37. The lowest BCUT2D eigenvalue weighted by atomic mass is 10.0. The summed E-state index contributed by atoms with van der Waals surface area (Å²) in [6.07, 6.45) is 3.68. The van der Waals surface area contributed by atoms with Crippen LogP contribution in [0, 0.1) is 0 Å². The van der Waals surface area contributed by atoms with Gasteiger partial charge in [-0.25, -0.2) is 0 Å². The van der Waals surface area contributed by atoms with Crippen LogP contribution in [0.1, 0.15) is 36.5 Å². The molecule has 0 radical (unpaired) electrons. The van der Waals surface area contributed by atoms with E-state index >= 15 is 0 Å². The fourth-order valence-electron chi connectivity index (χ4n) is 3.38. The van der Waals surface area contributed by atoms with Gasteiger partial charge >= 0.3 is 0 Å². The first-order valence-electron chi connectivity index (χ1n) is 8.57. The van der Waals surface area contributed by atoms with Gasteiger partial charge in [0, 0.05) is 30.9 Å². The first-order valence-corrected chi connectivity index (χ1v) is 8.57. The highest BCUT2D eigenvalue weighted by atomic mass is 16.2. The number of hydrogen-bond acceptors (Lipinski definition) is 3. The molecule has 1 aliphatic rings. The molecule has 1 amide bonds. The van der Waals surface area contributed by atoms with E-state index in [9.17, 15) is 4.79 Å². The summed E-state index contributed by atoms with van der Waals surface area (Å²) in [7, 11) is 1.84. The van der Waals surface area contributed by atoms with E-state index in [1.165, 1.54) is 19.3 Å². The molecular formula is C20H25N3O. The van der Waals surface area contributed by atoms with Gasteiger partial charge in [0.05, 0.1) is 11.4 Å². The second-order valence-corrected chi connectivity index (χ2v) is 6.51. The smallest absolute Gasteiger partial charge is 0.258 e. The number of para-hydroxylation sites is 2. The number of carbonyl (C=O) groups is 1. The van der Waals surface area contributed by atoms with E-state index in [4.69, 9.17) is 5.73 Å². The maximum Gasteiger partial charge on any atom is 0.258 e. The molecule has 3 rings (SSSR count). The van der Waals surface area contributed by atoms with E-state index in [-0.39, 0.29) is 5.91 Å². The number of amides is 1. The van der Waals surface area contributed by atoms with Crippen molar-refractivity contribution in [3.05, 3.63) is 54.1 Å². The van der Waals surface area contributed by atoms with Crippen molar-refractivity contribution in [1.82, 2.24) is 0 Å². The van der Waals surface area contributed by atoms with Gasteiger partial charge in [0.2, 0.25) is 0 Å². The zero-order valence-electron chi connectivity index (χ0n) is 14.4. The van der Waals surface area contributed by atoms with E-state index < -0.39 is 0 Å². The number of nitrogens with two attached hydrogens (primary N) is 1. The van der Waals surface area contributed by atoms with Crippen LogP contribution < -0.4 is 15.5 Å². The summed E-state index contributed by atoms with van der Waals surface area (Å²) in [6, 6.07) is 15.7. The zero-order valence-corrected chi connectivity index (χ0v) is 14.4. The molecule has 0 bridgehead atoms. The molecule has 0 aromatic heterocycles. The predicted octanol–water partition coefficient (Wildman–Crippen LogP) is 3.92. The first kappa shape index (κ1) is 16.4. The molecule has 1 atom stereocenters. The van der Waals surface area contributed by atoms with Gasteiger partial charge in [-0.2, -0.15) is 0 Å². The van der Waals surface area contributed by atoms with Crippen LogP contribution >= 0.6 is 0 Å². The van der Waals surface area contributed by atoms with Crippen LogP contribution in [0.3, 0.4) is 0 Å². The number of hydrogen-bond donors (Lipinski definition) is 1. The fraction of sp³-hybridized carbons (Fsp3) is 0.350. The van der Waals surface area contributed by atoms with Gasteiger partial charge in [0.25, 0.3) is 5.91 Å². The number of rotatable bonds is 3. The summed E-state index contributed by atoms with van der Waals surface area (Å²) in [5.74, 6) is -0.0212. The van der Waals surface area contributed by atoms with Crippen molar-refractivity contribution in [3.63, 3.8) is 0 Å². The van der Waals surface area contributed by atoms with Crippen LogP contribution in [0.4, 0.5) is 17.1 Å². The molecule has 2 aromatic carbocycles. The topological polar surface area (TPSA) is 49.6 Å². The minimum absolute atomic E-state index is 0.0212. The van der Waals surface area contributed by atoms with Crippen LogP contribution in [0.15, 0.2) is 48.5 Å². The van der Waals surface area contributed by atoms with Crippen molar-refractivity contribution < 1.29 is 4.79 Å². The molecule has 1 aliphatic heterocycles. The van der Waals surface area contributed by atoms with Gasteiger partial charge in [0.1, 0.15) is 0 Å². The van der Waals surface area contributed by atoms with Crippen LogP contribution in [0.2, 0.25) is 0 Å². The van der Waals surface area contributed by atoms with Gasteiger partial charge in [-0.15, -0.1) is 0 Å². The van der Waals surface area contributed by atoms with Crippen LogP contribution in [0.25, 0.3) is 0 Å². The Bertz CT molecular complexity index is 711. The number of carbonyl (C=O) groups excluding carboxylic acids is 1. The largest absolute Gasteiger partial charge is 0.399 e. The first-order chi connectivity index (χ1) is 11.6. The second kappa shape index (κ2) is 6.95. The van der Waals surface area contributed by atoms with E-state index in [1.807, 2.05) is 25.2 Å². The van der Waals surface area contributed by atoms with Gasteiger partial charge in [-0.3, -0.25) is 4.79 Å². The van der Waals surface area contributed by atoms with Crippen molar-refractivity contribution in [2.24, 2.45) is 0 Å². The fourth-order valence-corrected chi connectivity index (χ4v) is 3.38. The van der Waals surface area contributed by atoms with Gasteiger partial charge in [-0.1, -0.05) is 12.1 Å². The average Bonchev–Trinajstić information content (AvgIpc) is 2.62. The Morgan fingerprint density at radius 2 is 1.83 bits per heavy atom. The lowest BCUT2D eigenvalue weighted by molar-refractivity contribution is 0.0993. The molecule has 1 unspecified atom stereocenters.